The standard InChI is InChI=1S/C12H11N3O4S/c1-15-12(13-9(16)10(17)14-15)20-8(11(18)19)7-5-3-2-4-6-7/h2-6,8H,1H3,(H,14,17)(H,18,19). The molecule has 0 saturated carbocycles. The predicted molar refractivity (Wildman–Crippen MR) is 72.8 cm³/mol. The number of benzene rings is 1. The van der Waals surface area contributed by atoms with Crippen molar-refractivity contribution in [3.05, 3.63) is 56.6 Å². The fourth-order valence-electron chi connectivity index (χ4n) is 1.56. The van der Waals surface area contributed by atoms with Crippen molar-refractivity contribution in [3.63, 3.8) is 0 Å². The molecule has 0 aliphatic rings. The van der Waals surface area contributed by atoms with E-state index >= 15 is 0 Å². The quantitative estimate of drug-likeness (QED) is 0.624. The molecule has 8 heteroatoms. The zero-order valence-electron chi connectivity index (χ0n) is 10.4. The van der Waals surface area contributed by atoms with Crippen LogP contribution in [0.3, 0.4) is 0 Å². The normalized spacial score (nSPS) is 12.1. The van der Waals surface area contributed by atoms with Crippen molar-refractivity contribution >= 4 is 17.7 Å². The van der Waals surface area contributed by atoms with Gasteiger partial charge in [0.2, 0.25) is 0 Å². The van der Waals surface area contributed by atoms with Crippen molar-refractivity contribution in [1.29, 1.82) is 0 Å². The molecule has 1 heterocycles. The van der Waals surface area contributed by atoms with Crippen LogP contribution >= 0.6 is 11.8 Å². The lowest BCUT2D eigenvalue weighted by Crippen LogP contribution is -2.34. The molecule has 7 nitrogen and oxygen atoms in total. The van der Waals surface area contributed by atoms with Gasteiger partial charge in [-0.05, 0) is 5.56 Å². The van der Waals surface area contributed by atoms with E-state index in [9.17, 15) is 19.5 Å². The Hall–Kier alpha value is -2.35. The van der Waals surface area contributed by atoms with Crippen molar-refractivity contribution in [2.75, 3.05) is 0 Å². The molecule has 0 amide bonds. The van der Waals surface area contributed by atoms with Crippen LogP contribution < -0.4 is 11.1 Å². The summed E-state index contributed by atoms with van der Waals surface area (Å²) in [5.74, 6) is -1.05. The van der Waals surface area contributed by atoms with Crippen LogP contribution in [0.4, 0.5) is 0 Å². The minimum absolute atomic E-state index is 0.130. The summed E-state index contributed by atoms with van der Waals surface area (Å²) in [7, 11) is 1.49. The van der Waals surface area contributed by atoms with Gasteiger partial charge in [0.25, 0.3) is 0 Å². The van der Waals surface area contributed by atoms with Crippen molar-refractivity contribution in [1.82, 2.24) is 14.8 Å². The summed E-state index contributed by atoms with van der Waals surface area (Å²) in [6.07, 6.45) is 0. The van der Waals surface area contributed by atoms with Crippen LogP contribution in [0.2, 0.25) is 0 Å². The number of aromatic amines is 1. The number of nitrogens with one attached hydrogen (secondary N) is 1. The summed E-state index contributed by atoms with van der Waals surface area (Å²) >= 11 is 0.882. The van der Waals surface area contributed by atoms with Gasteiger partial charge in [0.1, 0.15) is 5.25 Å². The van der Waals surface area contributed by atoms with Gasteiger partial charge in [-0.25, -0.2) is 0 Å². The first-order chi connectivity index (χ1) is 9.49. The Morgan fingerprint density at radius 1 is 1.35 bits per heavy atom. The van der Waals surface area contributed by atoms with Crippen LogP contribution in [-0.2, 0) is 11.8 Å². The SMILES string of the molecule is Cn1[nH]c(=O)c(=O)nc1SC(C(=O)O)c1ccccc1. The third-order valence-corrected chi connectivity index (χ3v) is 3.78. The highest BCUT2D eigenvalue weighted by molar-refractivity contribution is 8.00. The molecule has 0 aliphatic carbocycles. The van der Waals surface area contributed by atoms with E-state index in [0.29, 0.717) is 5.56 Å². The lowest BCUT2D eigenvalue weighted by atomic mass is 10.1. The molecule has 0 fully saturated rings. The fraction of sp³-hybridized carbons (Fsp3) is 0.167. The number of hydrogen-bond acceptors (Lipinski definition) is 5. The van der Waals surface area contributed by atoms with E-state index in [1.165, 1.54) is 11.7 Å². The predicted octanol–water partition coefficient (Wildman–Crippen LogP) is 0.387. The highest BCUT2D eigenvalue weighted by atomic mass is 32.2. The number of aromatic nitrogens is 3. The number of nitrogens with zero attached hydrogens (tertiary/aromatic N) is 2. The molecule has 2 aromatic rings. The molecule has 104 valence electrons. The number of H-pyrrole nitrogens is 1. The second-order valence-electron chi connectivity index (χ2n) is 3.95. The van der Waals surface area contributed by atoms with Gasteiger partial charge in [0, 0.05) is 7.05 Å². The van der Waals surface area contributed by atoms with E-state index in [2.05, 4.69) is 10.1 Å². The first kappa shape index (κ1) is 14.1. The molecule has 0 radical (unpaired) electrons. The first-order valence-corrected chi connectivity index (χ1v) is 6.49. The summed E-state index contributed by atoms with van der Waals surface area (Å²) in [6.45, 7) is 0. The number of hydrogen-bond donors (Lipinski definition) is 2. The molecule has 2 rings (SSSR count). The molecule has 1 aromatic carbocycles. The van der Waals surface area contributed by atoms with Crippen molar-refractivity contribution in [2.45, 2.75) is 10.4 Å². The average Bonchev–Trinajstić information content (AvgIpc) is 2.42. The van der Waals surface area contributed by atoms with Crippen LogP contribution in [-0.4, -0.2) is 25.8 Å². The molecular formula is C12H11N3O4S. The number of thioether (sulfide) groups is 1. The van der Waals surface area contributed by atoms with E-state index in [-0.39, 0.29) is 5.16 Å². The van der Waals surface area contributed by atoms with Crippen LogP contribution in [0.1, 0.15) is 10.8 Å². The monoisotopic (exact) mass is 293 g/mol. The largest absolute Gasteiger partial charge is 0.480 e. The molecule has 1 unspecified atom stereocenters. The average molecular weight is 293 g/mol. The molecule has 20 heavy (non-hydrogen) atoms. The molecule has 2 N–H and O–H groups in total. The highest BCUT2D eigenvalue weighted by Crippen LogP contribution is 2.33. The van der Waals surface area contributed by atoms with Crippen LogP contribution in [0.15, 0.2) is 45.1 Å². The van der Waals surface area contributed by atoms with E-state index in [1.807, 2.05) is 0 Å². The smallest absolute Gasteiger partial charge is 0.339 e. The second-order valence-corrected chi connectivity index (χ2v) is 5.02. The maximum absolute atomic E-state index is 11.4. The number of carboxylic acids is 1. The van der Waals surface area contributed by atoms with Gasteiger partial charge in [-0.2, -0.15) is 4.98 Å². The Balaban J connectivity index is 2.40. The maximum atomic E-state index is 11.4. The maximum Gasteiger partial charge on any atom is 0.339 e. The lowest BCUT2D eigenvalue weighted by molar-refractivity contribution is -0.136. The molecule has 1 atom stereocenters. The van der Waals surface area contributed by atoms with Gasteiger partial charge >= 0.3 is 17.1 Å². The summed E-state index contributed by atoms with van der Waals surface area (Å²) in [6, 6.07) is 8.59. The Bertz CT molecular complexity index is 738. The topological polar surface area (TPSA) is 105 Å². The van der Waals surface area contributed by atoms with Gasteiger partial charge < -0.3 is 5.11 Å². The van der Waals surface area contributed by atoms with Gasteiger partial charge in [0.15, 0.2) is 5.16 Å². The molecule has 0 spiro atoms. The summed E-state index contributed by atoms with van der Waals surface area (Å²) in [5.41, 5.74) is -1.21. The second kappa shape index (κ2) is 5.74. The number of carboxylic acid groups (broad SMARTS) is 1. The minimum Gasteiger partial charge on any atom is -0.480 e. The Morgan fingerprint density at radius 2 is 2.00 bits per heavy atom. The third kappa shape index (κ3) is 2.97. The highest BCUT2D eigenvalue weighted by Gasteiger charge is 2.23. The lowest BCUT2D eigenvalue weighted by Gasteiger charge is -2.13. The van der Waals surface area contributed by atoms with Gasteiger partial charge in [-0.3, -0.25) is 24.2 Å². The minimum atomic E-state index is -1.05. The third-order valence-electron chi connectivity index (χ3n) is 2.50. The van der Waals surface area contributed by atoms with Crippen molar-refractivity contribution in [3.8, 4) is 0 Å². The molecule has 0 aliphatic heterocycles. The van der Waals surface area contributed by atoms with Gasteiger partial charge in [-0.1, -0.05) is 42.1 Å². The molecule has 0 saturated heterocycles. The van der Waals surface area contributed by atoms with Gasteiger partial charge in [-0.15, -0.1) is 0 Å². The zero-order chi connectivity index (χ0) is 14.7. The van der Waals surface area contributed by atoms with Crippen molar-refractivity contribution in [2.24, 2.45) is 7.05 Å². The van der Waals surface area contributed by atoms with E-state index in [0.717, 1.165) is 11.8 Å². The molecular weight excluding hydrogens is 282 g/mol. The molecule has 1 aromatic heterocycles. The number of aryl methyl sites for hydroxylation is 1. The first-order valence-electron chi connectivity index (χ1n) is 5.61. The fourth-order valence-corrected chi connectivity index (χ4v) is 2.50. The van der Waals surface area contributed by atoms with Crippen molar-refractivity contribution < 1.29 is 9.90 Å². The number of aliphatic carboxylic acids is 1. The van der Waals surface area contributed by atoms with Crippen LogP contribution in [0.25, 0.3) is 0 Å². The summed E-state index contributed by atoms with van der Waals surface area (Å²) in [4.78, 5) is 37.3. The van der Waals surface area contributed by atoms with E-state index in [4.69, 9.17) is 0 Å². The van der Waals surface area contributed by atoms with E-state index < -0.39 is 22.3 Å². The summed E-state index contributed by atoms with van der Waals surface area (Å²) < 4.78 is 1.23. The molecule has 0 bridgehead atoms. The summed E-state index contributed by atoms with van der Waals surface area (Å²) in [5, 5.41) is 10.8. The zero-order valence-corrected chi connectivity index (χ0v) is 11.3. The van der Waals surface area contributed by atoms with Gasteiger partial charge in [0.05, 0.1) is 0 Å². The van der Waals surface area contributed by atoms with Crippen LogP contribution in [0, 0.1) is 0 Å². The Morgan fingerprint density at radius 3 is 2.60 bits per heavy atom. The van der Waals surface area contributed by atoms with Crippen LogP contribution in [0.5, 0.6) is 0 Å². The number of rotatable bonds is 4. The Labute approximate surface area is 117 Å². The van der Waals surface area contributed by atoms with E-state index in [1.54, 1.807) is 30.3 Å². The Kier molecular flexibility index (Phi) is 4.04. The number of carbonyl (C=O) groups is 1.